The van der Waals surface area contributed by atoms with Crippen molar-refractivity contribution in [2.24, 2.45) is 0 Å². The molecule has 1 atom stereocenters. The third-order valence-corrected chi connectivity index (χ3v) is 2.06. The van der Waals surface area contributed by atoms with Crippen molar-refractivity contribution >= 4 is 17.8 Å². The van der Waals surface area contributed by atoms with Crippen LogP contribution in [0.1, 0.15) is 40.0 Å². The summed E-state index contributed by atoms with van der Waals surface area (Å²) >= 11 is 0. The van der Waals surface area contributed by atoms with E-state index in [0.29, 0.717) is 0 Å². The summed E-state index contributed by atoms with van der Waals surface area (Å²) in [6.07, 6.45) is 0.404. The van der Waals surface area contributed by atoms with Crippen molar-refractivity contribution in [3.05, 3.63) is 0 Å². The van der Waals surface area contributed by atoms with Crippen molar-refractivity contribution in [2.75, 3.05) is 0 Å². The van der Waals surface area contributed by atoms with E-state index < -0.39 is 12.0 Å². The van der Waals surface area contributed by atoms with Gasteiger partial charge in [0.15, 0.2) is 0 Å². The highest BCUT2D eigenvalue weighted by atomic mass is 16.4. The van der Waals surface area contributed by atoms with E-state index in [2.05, 4.69) is 10.6 Å². The largest absolute Gasteiger partial charge is 0.480 e. The van der Waals surface area contributed by atoms with Gasteiger partial charge in [-0.1, -0.05) is 6.92 Å². The molecule has 0 aromatic rings. The molecule has 1 unspecified atom stereocenters. The third-order valence-electron chi connectivity index (χ3n) is 2.06. The Hall–Kier alpha value is -1.59. The molecule has 0 aliphatic rings. The second-order valence-corrected chi connectivity index (χ2v) is 4.07. The predicted octanol–water partition coefficient (Wildman–Crippen LogP) is 0.271. The minimum atomic E-state index is -1.12. The Morgan fingerprint density at radius 3 is 2.12 bits per heavy atom. The zero-order valence-corrected chi connectivity index (χ0v) is 10.4. The first-order valence-corrected chi connectivity index (χ1v) is 5.68. The molecule has 0 radical (unpaired) electrons. The van der Waals surface area contributed by atoms with Crippen LogP contribution in [-0.2, 0) is 14.4 Å². The maximum Gasteiger partial charge on any atom is 0.326 e. The van der Waals surface area contributed by atoms with E-state index in [9.17, 15) is 14.4 Å². The molecule has 2 amide bonds. The number of aliphatic carboxylic acids is 1. The molecule has 0 saturated heterocycles. The average Bonchev–Trinajstić information content (AvgIpc) is 2.22. The van der Waals surface area contributed by atoms with Gasteiger partial charge in [0, 0.05) is 18.9 Å². The first-order valence-electron chi connectivity index (χ1n) is 5.68. The number of carboxylic acid groups (broad SMARTS) is 1. The topological polar surface area (TPSA) is 95.5 Å². The van der Waals surface area contributed by atoms with Crippen molar-refractivity contribution in [1.29, 1.82) is 0 Å². The van der Waals surface area contributed by atoms with Gasteiger partial charge in [-0.25, -0.2) is 4.79 Å². The Kier molecular flexibility index (Phi) is 6.93. The molecule has 6 nitrogen and oxygen atoms in total. The number of nitrogens with one attached hydrogen (secondary N) is 2. The smallest absolute Gasteiger partial charge is 0.326 e. The Bertz CT molecular complexity index is 289. The summed E-state index contributed by atoms with van der Waals surface area (Å²) < 4.78 is 0. The summed E-state index contributed by atoms with van der Waals surface area (Å²) in [5, 5.41) is 13.9. The van der Waals surface area contributed by atoms with Crippen LogP contribution in [0, 0.1) is 0 Å². The third kappa shape index (κ3) is 7.32. The minimum absolute atomic E-state index is 0.0241. The van der Waals surface area contributed by atoms with Crippen molar-refractivity contribution in [1.82, 2.24) is 10.6 Å². The monoisotopic (exact) mass is 244 g/mol. The molecule has 0 heterocycles. The zero-order valence-electron chi connectivity index (χ0n) is 10.4. The summed E-state index contributed by atoms with van der Waals surface area (Å²) in [5.74, 6) is -1.66. The maximum atomic E-state index is 11.3. The van der Waals surface area contributed by atoms with Crippen molar-refractivity contribution < 1.29 is 19.5 Å². The summed E-state index contributed by atoms with van der Waals surface area (Å²) in [7, 11) is 0. The molecule has 6 heteroatoms. The van der Waals surface area contributed by atoms with Crippen LogP contribution in [0.5, 0.6) is 0 Å². The van der Waals surface area contributed by atoms with Crippen LogP contribution < -0.4 is 10.6 Å². The predicted molar refractivity (Wildman–Crippen MR) is 62.4 cm³/mol. The number of hydrogen-bond donors (Lipinski definition) is 3. The van der Waals surface area contributed by atoms with Gasteiger partial charge in [0.05, 0.1) is 0 Å². The average molecular weight is 244 g/mol. The van der Waals surface area contributed by atoms with Crippen molar-refractivity contribution in [3.8, 4) is 0 Å². The van der Waals surface area contributed by atoms with Crippen LogP contribution in [0.25, 0.3) is 0 Å². The molecule has 0 aliphatic heterocycles. The Morgan fingerprint density at radius 2 is 1.71 bits per heavy atom. The molecule has 0 bridgehead atoms. The standard InChI is InChI=1S/C11H20N2O4/c1-4-9(14)13-8(11(16)17)5-6-10(15)12-7(2)3/h7-8H,4-6H2,1-3H3,(H,12,15)(H,13,14)(H,16,17). The van der Waals surface area contributed by atoms with Gasteiger partial charge in [-0.2, -0.15) is 0 Å². The van der Waals surface area contributed by atoms with E-state index >= 15 is 0 Å². The SMILES string of the molecule is CCC(=O)NC(CCC(=O)NC(C)C)C(=O)O. The second kappa shape index (κ2) is 7.65. The molecule has 0 aromatic carbocycles. The van der Waals surface area contributed by atoms with Gasteiger partial charge >= 0.3 is 5.97 Å². The molecule has 0 saturated carbocycles. The van der Waals surface area contributed by atoms with Gasteiger partial charge in [0.2, 0.25) is 11.8 Å². The van der Waals surface area contributed by atoms with E-state index in [-0.39, 0.29) is 37.1 Å². The van der Waals surface area contributed by atoms with E-state index in [1.54, 1.807) is 6.92 Å². The molecule has 0 rings (SSSR count). The Balaban J connectivity index is 4.14. The van der Waals surface area contributed by atoms with Gasteiger partial charge in [-0.3, -0.25) is 9.59 Å². The molecular formula is C11H20N2O4. The molecule has 0 fully saturated rings. The quantitative estimate of drug-likeness (QED) is 0.599. The molecule has 0 aromatic heterocycles. The molecule has 0 spiro atoms. The van der Waals surface area contributed by atoms with Crippen LogP contribution in [0.15, 0.2) is 0 Å². The molecule has 3 N–H and O–H groups in total. The van der Waals surface area contributed by atoms with Gasteiger partial charge in [-0.15, -0.1) is 0 Å². The normalized spacial score (nSPS) is 12.0. The zero-order chi connectivity index (χ0) is 13.4. The van der Waals surface area contributed by atoms with Gasteiger partial charge in [-0.05, 0) is 20.3 Å². The van der Waals surface area contributed by atoms with Crippen LogP contribution in [0.3, 0.4) is 0 Å². The number of carbonyl (C=O) groups is 3. The van der Waals surface area contributed by atoms with Gasteiger partial charge in [0.25, 0.3) is 0 Å². The van der Waals surface area contributed by atoms with Crippen molar-refractivity contribution in [2.45, 2.75) is 52.1 Å². The summed E-state index contributed by atoms with van der Waals surface area (Å²) in [5.41, 5.74) is 0. The molecule has 98 valence electrons. The van der Waals surface area contributed by atoms with Crippen LogP contribution in [0.2, 0.25) is 0 Å². The van der Waals surface area contributed by atoms with E-state index in [1.165, 1.54) is 0 Å². The Labute approximate surface area is 101 Å². The molecule has 17 heavy (non-hydrogen) atoms. The summed E-state index contributed by atoms with van der Waals surface area (Å²) in [6, 6.07) is -0.976. The fourth-order valence-corrected chi connectivity index (χ4v) is 1.22. The van der Waals surface area contributed by atoms with E-state index in [4.69, 9.17) is 5.11 Å². The van der Waals surface area contributed by atoms with Crippen LogP contribution >= 0.6 is 0 Å². The highest BCUT2D eigenvalue weighted by Gasteiger charge is 2.20. The second-order valence-electron chi connectivity index (χ2n) is 4.07. The van der Waals surface area contributed by atoms with Gasteiger partial charge < -0.3 is 15.7 Å². The lowest BCUT2D eigenvalue weighted by atomic mass is 10.1. The minimum Gasteiger partial charge on any atom is -0.480 e. The number of carbonyl (C=O) groups excluding carboxylic acids is 2. The lowest BCUT2D eigenvalue weighted by Gasteiger charge is -2.14. The lowest BCUT2D eigenvalue weighted by Crippen LogP contribution is -2.41. The first-order chi connectivity index (χ1) is 7.86. The van der Waals surface area contributed by atoms with Crippen LogP contribution in [-0.4, -0.2) is 35.0 Å². The maximum absolute atomic E-state index is 11.3. The number of carboxylic acids is 1. The van der Waals surface area contributed by atoms with E-state index in [1.807, 2.05) is 13.8 Å². The fourth-order valence-electron chi connectivity index (χ4n) is 1.22. The lowest BCUT2D eigenvalue weighted by molar-refractivity contribution is -0.142. The fraction of sp³-hybridized carbons (Fsp3) is 0.727. The Morgan fingerprint density at radius 1 is 1.12 bits per heavy atom. The van der Waals surface area contributed by atoms with Crippen LogP contribution in [0.4, 0.5) is 0 Å². The molecular weight excluding hydrogens is 224 g/mol. The highest BCUT2D eigenvalue weighted by molar-refractivity contribution is 5.84. The summed E-state index contributed by atoms with van der Waals surface area (Å²) in [4.78, 5) is 33.2. The first kappa shape index (κ1) is 15.4. The van der Waals surface area contributed by atoms with Gasteiger partial charge in [0.1, 0.15) is 6.04 Å². The summed E-state index contributed by atoms with van der Waals surface area (Å²) in [6.45, 7) is 5.29. The number of rotatable bonds is 7. The molecule has 0 aliphatic carbocycles. The van der Waals surface area contributed by atoms with E-state index in [0.717, 1.165) is 0 Å². The van der Waals surface area contributed by atoms with Crippen molar-refractivity contribution in [3.63, 3.8) is 0 Å². The highest BCUT2D eigenvalue weighted by Crippen LogP contribution is 1.99. The number of amides is 2. The number of hydrogen-bond acceptors (Lipinski definition) is 3.